The summed E-state index contributed by atoms with van der Waals surface area (Å²) in [6, 6.07) is 0. The van der Waals surface area contributed by atoms with E-state index in [1.54, 1.807) is 0 Å². The first-order valence-electron chi connectivity index (χ1n) is 6.68. The summed E-state index contributed by atoms with van der Waals surface area (Å²) in [5.74, 6) is 0.693. The van der Waals surface area contributed by atoms with Crippen LogP contribution in [0.4, 0.5) is 0 Å². The third kappa shape index (κ3) is 3.66. The van der Waals surface area contributed by atoms with Gasteiger partial charge in [0.2, 0.25) is 0 Å². The van der Waals surface area contributed by atoms with Crippen molar-refractivity contribution in [3.05, 3.63) is 0 Å². The number of hydrogen-bond donors (Lipinski definition) is 3. The van der Waals surface area contributed by atoms with Gasteiger partial charge in [-0.2, -0.15) is 0 Å². The molecule has 2 rings (SSSR count). The third-order valence-corrected chi connectivity index (χ3v) is 6.74. The van der Waals surface area contributed by atoms with Crippen molar-refractivity contribution in [2.75, 3.05) is 12.3 Å². The van der Waals surface area contributed by atoms with E-state index in [2.05, 4.69) is 0 Å². The molecule has 0 aromatic heterocycles. The molecular weight excluding hydrogens is 223 g/mol. The van der Waals surface area contributed by atoms with Gasteiger partial charge in [0.15, 0.2) is 0 Å². The van der Waals surface area contributed by atoms with Gasteiger partial charge in [-0.25, -0.2) is 0 Å². The average Bonchev–Trinajstić information content (AvgIpc) is 2.74. The summed E-state index contributed by atoms with van der Waals surface area (Å²) in [5.41, 5.74) is 0. The summed E-state index contributed by atoms with van der Waals surface area (Å²) in [5, 5.41) is 0. The molecule has 0 saturated heterocycles. The summed E-state index contributed by atoms with van der Waals surface area (Å²) < 4.78 is 0. The van der Waals surface area contributed by atoms with Gasteiger partial charge in [0.1, 0.15) is 0 Å². The van der Waals surface area contributed by atoms with Crippen LogP contribution < -0.4 is 0 Å². The molecule has 0 spiro atoms. The minimum absolute atomic E-state index is 0.266. The third-order valence-electron chi connectivity index (χ3n) is 4.21. The van der Waals surface area contributed by atoms with E-state index < -0.39 is 7.28 Å². The fraction of sp³-hybridized carbons (Fsp3) is 1.00. The first kappa shape index (κ1) is 12.8. The van der Waals surface area contributed by atoms with E-state index in [0.29, 0.717) is 11.8 Å². The van der Waals surface area contributed by atoms with Crippen molar-refractivity contribution < 1.29 is 14.7 Å². The van der Waals surface area contributed by atoms with E-state index in [1.807, 2.05) is 0 Å². The monoisotopic (exact) mass is 248 g/mol. The SMILES string of the molecule is OP(O)(O)(CC1CCCC1)CC1CCCC1. The summed E-state index contributed by atoms with van der Waals surface area (Å²) in [4.78, 5) is 30.4. The van der Waals surface area contributed by atoms with E-state index >= 15 is 0 Å². The van der Waals surface area contributed by atoms with Gasteiger partial charge in [-0.3, -0.25) is 0 Å². The van der Waals surface area contributed by atoms with Gasteiger partial charge in [0, 0.05) is 0 Å². The van der Waals surface area contributed by atoms with Gasteiger partial charge in [-0.1, -0.05) is 0 Å². The standard InChI is InChI=1S/C12H25O3P/c13-16(14,15,9-11-5-1-2-6-11)10-12-7-3-4-8-12/h11-15H,1-10H2. The first-order valence-corrected chi connectivity index (χ1v) is 9.15. The first-order chi connectivity index (χ1) is 7.42. The predicted molar refractivity (Wildman–Crippen MR) is 67.2 cm³/mol. The summed E-state index contributed by atoms with van der Waals surface area (Å²) in [6.45, 7) is 0. The van der Waals surface area contributed by atoms with Crippen LogP contribution in [0.5, 0.6) is 0 Å². The molecule has 0 amide bonds. The zero-order valence-corrected chi connectivity index (χ0v) is 10.9. The molecule has 0 unspecified atom stereocenters. The van der Waals surface area contributed by atoms with Crippen molar-refractivity contribution >= 4 is 7.28 Å². The molecule has 16 heavy (non-hydrogen) atoms. The number of rotatable bonds is 4. The summed E-state index contributed by atoms with van der Waals surface area (Å²) in [7, 11) is -4.30. The molecule has 2 aliphatic rings. The average molecular weight is 248 g/mol. The minimum atomic E-state index is -4.30. The summed E-state index contributed by atoms with van der Waals surface area (Å²) in [6.07, 6.45) is 9.50. The Labute approximate surface area is 98.1 Å². The summed E-state index contributed by atoms with van der Waals surface area (Å²) >= 11 is 0. The van der Waals surface area contributed by atoms with E-state index in [4.69, 9.17) is 0 Å². The van der Waals surface area contributed by atoms with Crippen molar-refractivity contribution in [3.63, 3.8) is 0 Å². The predicted octanol–water partition coefficient (Wildman–Crippen LogP) is 2.64. The molecule has 0 atom stereocenters. The Kier molecular flexibility index (Phi) is 3.61. The topological polar surface area (TPSA) is 60.7 Å². The van der Waals surface area contributed by atoms with E-state index in [-0.39, 0.29) is 12.3 Å². The van der Waals surface area contributed by atoms with Crippen LogP contribution in [0.1, 0.15) is 51.4 Å². The molecule has 0 bridgehead atoms. The molecule has 2 saturated carbocycles. The Hall–Kier alpha value is 0.310. The van der Waals surface area contributed by atoms with Crippen LogP contribution in [0.2, 0.25) is 0 Å². The Balaban J connectivity index is 1.90. The molecular formula is C12H25O3P. The molecule has 0 heterocycles. The van der Waals surface area contributed by atoms with Crippen molar-refractivity contribution in [3.8, 4) is 0 Å². The zero-order chi connectivity index (χ0) is 11.7. The van der Waals surface area contributed by atoms with Crippen molar-refractivity contribution in [1.29, 1.82) is 0 Å². The Bertz CT molecular complexity index is 212. The normalized spacial score (nSPS) is 27.1. The maximum atomic E-state index is 10.1. The van der Waals surface area contributed by atoms with Crippen LogP contribution in [0.15, 0.2) is 0 Å². The zero-order valence-electron chi connectivity index (χ0n) is 10.0. The second-order valence-electron chi connectivity index (χ2n) is 6.01. The molecule has 0 aliphatic heterocycles. The van der Waals surface area contributed by atoms with Gasteiger partial charge in [0.25, 0.3) is 0 Å². The van der Waals surface area contributed by atoms with Crippen LogP contribution in [-0.2, 0) is 0 Å². The van der Waals surface area contributed by atoms with Crippen LogP contribution in [0.3, 0.4) is 0 Å². The van der Waals surface area contributed by atoms with E-state index in [9.17, 15) is 14.7 Å². The Morgan fingerprint density at radius 2 is 1.00 bits per heavy atom. The van der Waals surface area contributed by atoms with Crippen molar-refractivity contribution in [2.24, 2.45) is 11.8 Å². The molecule has 4 heteroatoms. The fourth-order valence-corrected chi connectivity index (χ4v) is 6.51. The molecule has 96 valence electrons. The van der Waals surface area contributed by atoms with Crippen LogP contribution in [-0.4, -0.2) is 27.0 Å². The molecule has 0 aromatic carbocycles. The maximum absolute atomic E-state index is 10.1. The van der Waals surface area contributed by atoms with Gasteiger partial charge in [-0.05, 0) is 0 Å². The second-order valence-corrected chi connectivity index (χ2v) is 9.42. The van der Waals surface area contributed by atoms with Gasteiger partial charge < -0.3 is 0 Å². The fourth-order valence-electron chi connectivity index (χ4n) is 3.52. The second kappa shape index (κ2) is 4.53. The molecule has 3 N–H and O–H groups in total. The van der Waals surface area contributed by atoms with Crippen molar-refractivity contribution in [1.82, 2.24) is 0 Å². The van der Waals surface area contributed by atoms with Crippen LogP contribution in [0.25, 0.3) is 0 Å². The van der Waals surface area contributed by atoms with Crippen LogP contribution in [0, 0.1) is 11.8 Å². The molecule has 0 aromatic rings. The van der Waals surface area contributed by atoms with Crippen molar-refractivity contribution in [2.45, 2.75) is 51.4 Å². The molecule has 3 nitrogen and oxygen atoms in total. The van der Waals surface area contributed by atoms with Gasteiger partial charge >= 0.3 is 97.5 Å². The molecule has 2 aliphatic carbocycles. The molecule has 2 fully saturated rings. The van der Waals surface area contributed by atoms with Gasteiger partial charge in [-0.15, -0.1) is 0 Å². The Morgan fingerprint density at radius 3 is 1.31 bits per heavy atom. The number of hydrogen-bond acceptors (Lipinski definition) is 3. The van der Waals surface area contributed by atoms with E-state index in [0.717, 1.165) is 25.7 Å². The van der Waals surface area contributed by atoms with Crippen LogP contribution >= 0.6 is 7.28 Å². The van der Waals surface area contributed by atoms with E-state index in [1.165, 1.54) is 25.7 Å². The Morgan fingerprint density at radius 1 is 0.688 bits per heavy atom. The molecule has 0 radical (unpaired) electrons. The quantitative estimate of drug-likeness (QED) is 0.670. The van der Waals surface area contributed by atoms with Gasteiger partial charge in [0.05, 0.1) is 0 Å².